The van der Waals surface area contributed by atoms with Crippen LogP contribution in [0.25, 0.3) is 0 Å². The molecule has 0 atom stereocenters. The first-order chi connectivity index (χ1) is 9.27. The standard InChI is InChI=1S/C12H14BrClO5S/c1-7-2-4-8(5-3-7)18-12(15)9-6-10(11(13)19-9)20(14,16)17/h6-8H,2-5H2,1H3. The average molecular weight is 386 g/mol. The fraction of sp³-hybridized carbons (Fsp3) is 0.583. The molecule has 0 amide bonds. The number of ether oxygens (including phenoxy) is 1. The number of hydrogen-bond acceptors (Lipinski definition) is 5. The van der Waals surface area contributed by atoms with Gasteiger partial charge in [0.1, 0.15) is 11.0 Å². The molecule has 112 valence electrons. The van der Waals surface area contributed by atoms with Crippen LogP contribution < -0.4 is 0 Å². The van der Waals surface area contributed by atoms with Crippen molar-refractivity contribution in [2.45, 2.75) is 43.6 Å². The molecule has 0 radical (unpaired) electrons. The van der Waals surface area contributed by atoms with Gasteiger partial charge in [-0.1, -0.05) is 6.92 Å². The van der Waals surface area contributed by atoms with Crippen molar-refractivity contribution in [2.75, 3.05) is 0 Å². The molecule has 0 N–H and O–H groups in total. The van der Waals surface area contributed by atoms with Gasteiger partial charge in [-0.3, -0.25) is 0 Å². The van der Waals surface area contributed by atoms with Gasteiger partial charge in [0.15, 0.2) is 4.67 Å². The molecule has 2 rings (SSSR count). The van der Waals surface area contributed by atoms with Crippen LogP contribution in [-0.4, -0.2) is 20.5 Å². The van der Waals surface area contributed by atoms with Gasteiger partial charge in [-0.2, -0.15) is 0 Å². The summed E-state index contributed by atoms with van der Waals surface area (Å²) in [4.78, 5) is 11.6. The quantitative estimate of drug-likeness (QED) is 0.586. The zero-order chi connectivity index (χ0) is 14.9. The number of furan rings is 1. The van der Waals surface area contributed by atoms with Gasteiger partial charge in [-0.05, 0) is 47.5 Å². The summed E-state index contributed by atoms with van der Waals surface area (Å²) in [7, 11) is 1.26. The molecule has 20 heavy (non-hydrogen) atoms. The summed E-state index contributed by atoms with van der Waals surface area (Å²) in [6, 6.07) is 1.07. The lowest BCUT2D eigenvalue weighted by Crippen LogP contribution is -2.23. The second-order valence-corrected chi connectivity index (χ2v) is 8.23. The Morgan fingerprint density at radius 3 is 2.50 bits per heavy atom. The lowest BCUT2D eigenvalue weighted by Gasteiger charge is -2.25. The normalized spacial score (nSPS) is 23.6. The Labute approximate surface area is 130 Å². The molecule has 5 nitrogen and oxygen atoms in total. The SMILES string of the molecule is CC1CCC(OC(=O)c2cc(S(=O)(=O)Cl)c(Br)o2)CC1. The minimum atomic E-state index is -3.96. The predicted molar refractivity (Wildman–Crippen MR) is 76.3 cm³/mol. The van der Waals surface area contributed by atoms with E-state index in [9.17, 15) is 13.2 Å². The van der Waals surface area contributed by atoms with Gasteiger partial charge in [0.05, 0.1) is 0 Å². The maximum Gasteiger partial charge on any atom is 0.374 e. The van der Waals surface area contributed by atoms with Crippen molar-refractivity contribution in [3.63, 3.8) is 0 Å². The van der Waals surface area contributed by atoms with Crippen molar-refractivity contribution in [1.82, 2.24) is 0 Å². The summed E-state index contributed by atoms with van der Waals surface area (Å²) < 4.78 is 32.7. The summed E-state index contributed by atoms with van der Waals surface area (Å²) in [6.07, 6.45) is 3.52. The lowest BCUT2D eigenvalue weighted by molar-refractivity contribution is 0.0139. The first-order valence-electron chi connectivity index (χ1n) is 6.22. The van der Waals surface area contributed by atoms with E-state index in [-0.39, 0.29) is 21.4 Å². The van der Waals surface area contributed by atoms with Crippen molar-refractivity contribution in [3.05, 3.63) is 16.5 Å². The highest BCUT2D eigenvalue weighted by Gasteiger charge is 2.27. The summed E-state index contributed by atoms with van der Waals surface area (Å²) in [5.74, 6) is -0.192. The highest BCUT2D eigenvalue weighted by molar-refractivity contribution is 9.10. The number of carbonyl (C=O) groups excluding carboxylic acids is 1. The molecule has 8 heteroatoms. The van der Waals surface area contributed by atoms with Gasteiger partial charge in [-0.25, -0.2) is 13.2 Å². The Kier molecular flexibility index (Phi) is 4.81. The Bertz CT molecular complexity index is 601. The Balaban J connectivity index is 2.07. The van der Waals surface area contributed by atoms with Gasteiger partial charge >= 0.3 is 5.97 Å². The van der Waals surface area contributed by atoms with E-state index >= 15 is 0 Å². The molecule has 0 saturated heterocycles. The van der Waals surface area contributed by atoms with Crippen LogP contribution in [0, 0.1) is 5.92 Å². The molecular formula is C12H14BrClO5S. The molecule has 1 aliphatic rings. The monoisotopic (exact) mass is 384 g/mol. The van der Waals surface area contributed by atoms with E-state index in [0.29, 0.717) is 5.92 Å². The smallest absolute Gasteiger partial charge is 0.374 e. The van der Waals surface area contributed by atoms with Crippen molar-refractivity contribution in [2.24, 2.45) is 5.92 Å². The van der Waals surface area contributed by atoms with Crippen LogP contribution in [-0.2, 0) is 13.8 Å². The number of hydrogen-bond donors (Lipinski definition) is 0. The molecule has 0 aromatic carbocycles. The van der Waals surface area contributed by atoms with Crippen molar-refractivity contribution in [3.8, 4) is 0 Å². The van der Waals surface area contributed by atoms with Crippen molar-refractivity contribution in [1.29, 1.82) is 0 Å². The predicted octanol–water partition coefficient (Wildman–Crippen LogP) is 3.71. The molecule has 1 aromatic rings. The van der Waals surface area contributed by atoms with Crippen LogP contribution in [0.5, 0.6) is 0 Å². The second kappa shape index (κ2) is 6.07. The average Bonchev–Trinajstić information content (AvgIpc) is 2.74. The molecular weight excluding hydrogens is 372 g/mol. The van der Waals surface area contributed by atoms with Crippen LogP contribution in [0.3, 0.4) is 0 Å². The molecule has 1 aromatic heterocycles. The van der Waals surface area contributed by atoms with Gasteiger partial charge < -0.3 is 9.15 Å². The first-order valence-corrected chi connectivity index (χ1v) is 9.32. The van der Waals surface area contributed by atoms with E-state index in [2.05, 4.69) is 22.9 Å². The van der Waals surface area contributed by atoms with Crippen LogP contribution in [0.4, 0.5) is 0 Å². The summed E-state index contributed by atoms with van der Waals surface area (Å²) in [5.41, 5.74) is 0. The van der Waals surface area contributed by atoms with E-state index in [1.165, 1.54) is 0 Å². The van der Waals surface area contributed by atoms with Gasteiger partial charge in [0.25, 0.3) is 9.05 Å². The molecule has 1 saturated carbocycles. The Morgan fingerprint density at radius 2 is 2.00 bits per heavy atom. The van der Waals surface area contributed by atoms with Crippen LogP contribution >= 0.6 is 26.6 Å². The fourth-order valence-electron chi connectivity index (χ4n) is 2.18. The van der Waals surface area contributed by atoms with Crippen LogP contribution in [0.15, 0.2) is 20.0 Å². The van der Waals surface area contributed by atoms with Crippen LogP contribution in [0.1, 0.15) is 43.2 Å². The van der Waals surface area contributed by atoms with E-state index in [4.69, 9.17) is 19.8 Å². The zero-order valence-corrected chi connectivity index (χ0v) is 13.9. The number of rotatable bonds is 3. The van der Waals surface area contributed by atoms with E-state index in [1.807, 2.05) is 0 Å². The third-order valence-electron chi connectivity index (χ3n) is 3.36. The van der Waals surface area contributed by atoms with E-state index in [0.717, 1.165) is 31.7 Å². The minimum Gasteiger partial charge on any atom is -0.457 e. The Morgan fingerprint density at radius 1 is 1.40 bits per heavy atom. The summed E-state index contributed by atoms with van der Waals surface area (Å²) in [5, 5.41) is 0. The number of carbonyl (C=O) groups is 1. The largest absolute Gasteiger partial charge is 0.457 e. The van der Waals surface area contributed by atoms with Crippen molar-refractivity contribution < 1.29 is 22.4 Å². The molecule has 0 bridgehead atoms. The highest BCUT2D eigenvalue weighted by atomic mass is 79.9. The third-order valence-corrected chi connectivity index (χ3v) is 5.53. The van der Waals surface area contributed by atoms with Crippen molar-refractivity contribution >= 4 is 41.6 Å². The highest BCUT2D eigenvalue weighted by Crippen LogP contribution is 2.30. The maximum atomic E-state index is 11.9. The second-order valence-electron chi connectivity index (χ2n) is 4.97. The fourth-order valence-corrected chi connectivity index (χ4v) is 4.21. The van der Waals surface area contributed by atoms with E-state index < -0.39 is 15.0 Å². The molecule has 0 aliphatic heterocycles. The number of halogens is 2. The molecule has 1 aliphatic carbocycles. The van der Waals surface area contributed by atoms with Gasteiger partial charge in [0, 0.05) is 16.7 Å². The molecule has 1 heterocycles. The zero-order valence-electron chi connectivity index (χ0n) is 10.8. The number of esters is 1. The van der Waals surface area contributed by atoms with Gasteiger partial charge in [-0.15, -0.1) is 0 Å². The third kappa shape index (κ3) is 3.77. The lowest BCUT2D eigenvalue weighted by atomic mass is 9.89. The topological polar surface area (TPSA) is 73.6 Å². The molecule has 1 fully saturated rings. The summed E-state index contributed by atoms with van der Waals surface area (Å²) in [6.45, 7) is 2.17. The molecule has 0 unspecified atom stereocenters. The minimum absolute atomic E-state index is 0.100. The van der Waals surface area contributed by atoms with E-state index in [1.54, 1.807) is 0 Å². The van der Waals surface area contributed by atoms with Crippen LogP contribution in [0.2, 0.25) is 0 Å². The van der Waals surface area contributed by atoms with Gasteiger partial charge in [0.2, 0.25) is 5.76 Å². The Hall–Kier alpha value is -0.530. The molecule has 0 spiro atoms. The summed E-state index contributed by atoms with van der Waals surface area (Å²) >= 11 is 2.92. The maximum absolute atomic E-state index is 11.9. The first kappa shape index (κ1) is 15.9.